The number of amides is 1. The molecule has 2 bridgehead atoms. The third kappa shape index (κ3) is 3.14. The Morgan fingerprint density at radius 3 is 2.59 bits per heavy atom. The lowest BCUT2D eigenvalue weighted by molar-refractivity contribution is -0.141. The molecule has 1 aromatic rings. The fourth-order valence-corrected chi connectivity index (χ4v) is 3.31. The second-order valence-corrected chi connectivity index (χ2v) is 6.35. The zero-order valence-electron chi connectivity index (χ0n) is 12.6. The second kappa shape index (κ2) is 6.08. The number of carboxylic acids is 1. The van der Waals surface area contributed by atoms with Crippen LogP contribution >= 0.6 is 0 Å². The molecule has 0 unspecified atom stereocenters. The Balaban J connectivity index is 1.57. The Morgan fingerprint density at radius 1 is 1.32 bits per heavy atom. The number of aliphatic carboxylic acids is 1. The highest BCUT2D eigenvalue weighted by Gasteiger charge is 2.44. The van der Waals surface area contributed by atoms with E-state index in [1.807, 2.05) is 24.3 Å². The van der Waals surface area contributed by atoms with E-state index in [-0.39, 0.29) is 24.0 Å². The fraction of sp³-hybridized carbons (Fsp3) is 0.529. The Morgan fingerprint density at radius 2 is 2.05 bits per heavy atom. The summed E-state index contributed by atoms with van der Waals surface area (Å²) in [5, 5.41) is 11.9. The van der Waals surface area contributed by atoms with Crippen LogP contribution in [0.4, 0.5) is 5.69 Å². The number of hydrogen-bond donors (Lipinski definition) is 2. The van der Waals surface area contributed by atoms with Crippen molar-refractivity contribution in [3.8, 4) is 0 Å². The molecular weight excluding hydrogens is 282 g/mol. The highest BCUT2D eigenvalue weighted by atomic mass is 16.5. The van der Waals surface area contributed by atoms with E-state index in [0.29, 0.717) is 6.42 Å². The minimum absolute atomic E-state index is 0.0267. The lowest BCUT2D eigenvalue weighted by Gasteiger charge is -2.18. The number of rotatable bonds is 5. The molecule has 5 heteroatoms. The molecule has 118 valence electrons. The van der Waals surface area contributed by atoms with Gasteiger partial charge in [0.2, 0.25) is 5.91 Å². The van der Waals surface area contributed by atoms with Gasteiger partial charge in [0.25, 0.3) is 0 Å². The third-order valence-corrected chi connectivity index (χ3v) is 4.63. The van der Waals surface area contributed by atoms with Crippen molar-refractivity contribution in [3.63, 3.8) is 0 Å². The van der Waals surface area contributed by atoms with Crippen molar-refractivity contribution < 1.29 is 19.4 Å². The van der Waals surface area contributed by atoms with Gasteiger partial charge in [0.05, 0.1) is 24.0 Å². The van der Waals surface area contributed by atoms with Crippen LogP contribution in [0.1, 0.15) is 31.7 Å². The molecule has 22 heavy (non-hydrogen) atoms. The van der Waals surface area contributed by atoms with Crippen LogP contribution < -0.4 is 5.32 Å². The van der Waals surface area contributed by atoms with Gasteiger partial charge in [-0.05, 0) is 43.4 Å². The maximum absolute atomic E-state index is 12.3. The van der Waals surface area contributed by atoms with Gasteiger partial charge in [-0.15, -0.1) is 0 Å². The fourth-order valence-electron chi connectivity index (χ4n) is 3.31. The van der Waals surface area contributed by atoms with Gasteiger partial charge in [-0.3, -0.25) is 9.59 Å². The van der Waals surface area contributed by atoms with E-state index in [1.54, 1.807) is 6.92 Å². The van der Waals surface area contributed by atoms with E-state index in [2.05, 4.69) is 5.32 Å². The van der Waals surface area contributed by atoms with Crippen molar-refractivity contribution in [2.24, 2.45) is 11.8 Å². The average Bonchev–Trinajstić information content (AvgIpc) is 3.12. The molecule has 2 fully saturated rings. The SMILES string of the molecule is C[C@@H](Cc1ccc(NC(=O)[C@@H]2C[C@H]3CC[C@H]2O3)cc1)C(=O)O. The quantitative estimate of drug-likeness (QED) is 0.876. The summed E-state index contributed by atoms with van der Waals surface area (Å²) in [5.74, 6) is -1.22. The predicted molar refractivity (Wildman–Crippen MR) is 81.6 cm³/mol. The van der Waals surface area contributed by atoms with E-state index in [0.717, 1.165) is 30.5 Å². The summed E-state index contributed by atoms with van der Waals surface area (Å²) in [4.78, 5) is 23.1. The number of fused-ring (bicyclic) bond motifs is 2. The molecule has 0 aromatic heterocycles. The van der Waals surface area contributed by atoms with Gasteiger partial charge in [0, 0.05) is 5.69 Å². The van der Waals surface area contributed by atoms with Crippen molar-refractivity contribution in [1.29, 1.82) is 0 Å². The number of ether oxygens (including phenoxy) is 1. The smallest absolute Gasteiger partial charge is 0.306 e. The van der Waals surface area contributed by atoms with Crippen molar-refractivity contribution >= 4 is 17.6 Å². The van der Waals surface area contributed by atoms with E-state index >= 15 is 0 Å². The molecule has 2 heterocycles. The molecule has 4 atom stereocenters. The molecule has 0 saturated carbocycles. The number of carbonyl (C=O) groups is 2. The van der Waals surface area contributed by atoms with Gasteiger partial charge in [0.1, 0.15) is 0 Å². The topological polar surface area (TPSA) is 75.6 Å². The number of hydrogen-bond acceptors (Lipinski definition) is 3. The number of carboxylic acid groups (broad SMARTS) is 1. The summed E-state index contributed by atoms with van der Waals surface area (Å²) in [7, 11) is 0. The van der Waals surface area contributed by atoms with Gasteiger partial charge < -0.3 is 15.2 Å². The number of carbonyl (C=O) groups excluding carboxylic acids is 1. The maximum atomic E-state index is 12.3. The molecular formula is C17H21NO4. The van der Waals surface area contributed by atoms with Crippen LogP contribution in [0.15, 0.2) is 24.3 Å². The predicted octanol–water partition coefficient (Wildman–Crippen LogP) is 2.46. The van der Waals surface area contributed by atoms with Gasteiger partial charge in [-0.2, -0.15) is 0 Å². The lowest BCUT2D eigenvalue weighted by atomic mass is 9.88. The zero-order valence-corrected chi connectivity index (χ0v) is 12.6. The number of benzene rings is 1. The summed E-state index contributed by atoms with van der Waals surface area (Å²) < 4.78 is 5.71. The Bertz CT molecular complexity index is 569. The minimum atomic E-state index is -0.798. The monoisotopic (exact) mass is 303 g/mol. The van der Waals surface area contributed by atoms with E-state index < -0.39 is 11.9 Å². The maximum Gasteiger partial charge on any atom is 0.306 e. The Labute approximate surface area is 129 Å². The molecule has 3 rings (SSSR count). The molecule has 1 aromatic carbocycles. The van der Waals surface area contributed by atoms with Crippen molar-refractivity contribution in [3.05, 3.63) is 29.8 Å². The van der Waals surface area contributed by atoms with Crippen molar-refractivity contribution in [1.82, 2.24) is 0 Å². The van der Waals surface area contributed by atoms with Crippen LogP contribution in [0.5, 0.6) is 0 Å². The highest BCUT2D eigenvalue weighted by molar-refractivity contribution is 5.93. The van der Waals surface area contributed by atoms with E-state index in [1.165, 1.54) is 0 Å². The van der Waals surface area contributed by atoms with Crippen LogP contribution in [-0.2, 0) is 20.7 Å². The largest absolute Gasteiger partial charge is 0.481 e. The third-order valence-electron chi connectivity index (χ3n) is 4.63. The van der Waals surface area contributed by atoms with Crippen LogP contribution in [0.3, 0.4) is 0 Å². The van der Waals surface area contributed by atoms with Crippen LogP contribution in [0, 0.1) is 11.8 Å². The summed E-state index contributed by atoms with van der Waals surface area (Å²) in [6.45, 7) is 1.69. The first-order valence-electron chi connectivity index (χ1n) is 7.81. The average molecular weight is 303 g/mol. The molecule has 5 nitrogen and oxygen atoms in total. The molecule has 0 aliphatic carbocycles. The first-order valence-corrected chi connectivity index (χ1v) is 7.81. The standard InChI is InChI=1S/C17H21NO4/c1-10(17(20)21)8-11-2-4-12(5-3-11)18-16(19)14-9-13-6-7-15(14)22-13/h2-5,10,13-15H,6-9H2,1H3,(H,18,19)(H,20,21)/t10-,13+,14+,15+/m0/s1. The Kier molecular flexibility index (Phi) is 4.16. The normalized spacial score (nSPS) is 27.6. The van der Waals surface area contributed by atoms with Crippen LogP contribution in [-0.4, -0.2) is 29.2 Å². The van der Waals surface area contributed by atoms with Crippen molar-refractivity contribution in [2.45, 2.75) is 44.8 Å². The molecule has 2 aliphatic rings. The van der Waals surface area contributed by atoms with Crippen LogP contribution in [0.2, 0.25) is 0 Å². The summed E-state index contributed by atoms with van der Waals surface area (Å²) in [6.07, 6.45) is 3.72. The van der Waals surface area contributed by atoms with Gasteiger partial charge in [0.15, 0.2) is 0 Å². The summed E-state index contributed by atoms with van der Waals surface area (Å²) in [6, 6.07) is 7.39. The number of nitrogens with one attached hydrogen (secondary N) is 1. The molecule has 0 radical (unpaired) electrons. The summed E-state index contributed by atoms with van der Waals surface area (Å²) in [5.41, 5.74) is 1.70. The first kappa shape index (κ1) is 15.0. The highest BCUT2D eigenvalue weighted by Crippen LogP contribution is 2.39. The number of anilines is 1. The van der Waals surface area contributed by atoms with Gasteiger partial charge in [-0.1, -0.05) is 19.1 Å². The molecule has 1 amide bonds. The molecule has 2 aliphatic heterocycles. The minimum Gasteiger partial charge on any atom is -0.481 e. The Hall–Kier alpha value is -1.88. The first-order chi connectivity index (χ1) is 10.5. The van der Waals surface area contributed by atoms with Gasteiger partial charge >= 0.3 is 5.97 Å². The van der Waals surface area contributed by atoms with E-state index in [9.17, 15) is 9.59 Å². The second-order valence-electron chi connectivity index (χ2n) is 6.35. The molecule has 0 spiro atoms. The zero-order chi connectivity index (χ0) is 15.7. The molecule has 2 N–H and O–H groups in total. The van der Waals surface area contributed by atoms with Gasteiger partial charge in [-0.25, -0.2) is 0 Å². The van der Waals surface area contributed by atoms with Crippen LogP contribution in [0.25, 0.3) is 0 Å². The van der Waals surface area contributed by atoms with Crippen molar-refractivity contribution in [2.75, 3.05) is 5.32 Å². The summed E-state index contributed by atoms with van der Waals surface area (Å²) >= 11 is 0. The molecule has 2 saturated heterocycles. The van der Waals surface area contributed by atoms with E-state index in [4.69, 9.17) is 9.84 Å². The lowest BCUT2D eigenvalue weighted by Crippen LogP contribution is -2.30.